The zero-order valence-electron chi connectivity index (χ0n) is 15.3. The second-order valence-electron chi connectivity index (χ2n) is 7.40. The second kappa shape index (κ2) is 8.15. The number of ether oxygens (including phenoxy) is 1. The summed E-state index contributed by atoms with van der Waals surface area (Å²) in [6, 6.07) is 4.06. The van der Waals surface area contributed by atoms with Crippen molar-refractivity contribution >= 4 is 5.78 Å². The highest BCUT2D eigenvalue weighted by Crippen LogP contribution is 2.33. The lowest BCUT2D eigenvalue weighted by Gasteiger charge is -2.25. The molecule has 24 heavy (non-hydrogen) atoms. The van der Waals surface area contributed by atoms with E-state index in [4.69, 9.17) is 4.74 Å². The van der Waals surface area contributed by atoms with Crippen molar-refractivity contribution in [1.29, 1.82) is 0 Å². The van der Waals surface area contributed by atoms with Gasteiger partial charge in [0.1, 0.15) is 5.75 Å². The quantitative estimate of drug-likeness (QED) is 0.700. The van der Waals surface area contributed by atoms with Gasteiger partial charge in [-0.05, 0) is 81.3 Å². The van der Waals surface area contributed by atoms with Crippen LogP contribution in [0, 0.1) is 5.92 Å². The number of rotatable bonds is 7. The summed E-state index contributed by atoms with van der Waals surface area (Å²) in [5, 5.41) is 0. The zero-order valence-corrected chi connectivity index (χ0v) is 15.3. The van der Waals surface area contributed by atoms with Crippen LogP contribution in [0.15, 0.2) is 12.1 Å². The van der Waals surface area contributed by atoms with Gasteiger partial charge in [0.05, 0.1) is 6.61 Å². The van der Waals surface area contributed by atoms with Crippen LogP contribution in [0.3, 0.4) is 0 Å². The lowest BCUT2D eigenvalue weighted by atomic mass is 9.84. The van der Waals surface area contributed by atoms with Crippen LogP contribution >= 0.6 is 0 Å². The number of fused-ring (bicyclic) bond motifs is 1. The number of ketones is 1. The van der Waals surface area contributed by atoms with E-state index in [2.05, 4.69) is 18.7 Å². The molecule has 132 valence electrons. The molecule has 1 unspecified atom stereocenters. The summed E-state index contributed by atoms with van der Waals surface area (Å²) in [4.78, 5) is 15.5. The summed E-state index contributed by atoms with van der Waals surface area (Å²) in [5.74, 6) is 1.41. The molecule has 1 aliphatic heterocycles. The molecule has 0 amide bonds. The van der Waals surface area contributed by atoms with Crippen LogP contribution in [-0.4, -0.2) is 36.9 Å². The van der Waals surface area contributed by atoms with Gasteiger partial charge in [-0.3, -0.25) is 4.79 Å². The van der Waals surface area contributed by atoms with Crippen molar-refractivity contribution in [2.45, 2.75) is 58.8 Å². The van der Waals surface area contributed by atoms with E-state index in [0.29, 0.717) is 5.78 Å². The average molecular weight is 329 g/mol. The molecule has 3 nitrogen and oxygen atoms in total. The SMILES string of the molecule is CCCOc1ccc(C(=O)C(C)CN2CCCC2)c2c1CCCC2. The van der Waals surface area contributed by atoms with E-state index in [1.54, 1.807) is 0 Å². The van der Waals surface area contributed by atoms with Crippen molar-refractivity contribution in [2.75, 3.05) is 26.2 Å². The van der Waals surface area contributed by atoms with Crippen LogP contribution in [0.25, 0.3) is 0 Å². The molecule has 0 spiro atoms. The van der Waals surface area contributed by atoms with Gasteiger partial charge in [-0.25, -0.2) is 0 Å². The van der Waals surface area contributed by atoms with E-state index in [1.807, 2.05) is 12.1 Å². The highest BCUT2D eigenvalue weighted by Gasteiger charge is 2.26. The minimum Gasteiger partial charge on any atom is -0.493 e. The van der Waals surface area contributed by atoms with Crippen LogP contribution in [0.5, 0.6) is 5.75 Å². The molecular formula is C21H31NO2. The maximum absolute atomic E-state index is 13.1. The predicted molar refractivity (Wildman–Crippen MR) is 98.0 cm³/mol. The maximum Gasteiger partial charge on any atom is 0.167 e. The van der Waals surface area contributed by atoms with Crippen LogP contribution in [-0.2, 0) is 12.8 Å². The van der Waals surface area contributed by atoms with Crippen molar-refractivity contribution in [3.8, 4) is 5.75 Å². The summed E-state index contributed by atoms with van der Waals surface area (Å²) in [5.41, 5.74) is 3.53. The van der Waals surface area contributed by atoms with Gasteiger partial charge in [0, 0.05) is 18.0 Å². The molecule has 0 saturated carbocycles. The minimum absolute atomic E-state index is 0.0801. The second-order valence-corrected chi connectivity index (χ2v) is 7.40. The van der Waals surface area contributed by atoms with Crippen LogP contribution in [0.1, 0.15) is 67.4 Å². The summed E-state index contributed by atoms with van der Waals surface area (Å²) >= 11 is 0. The molecule has 1 fully saturated rings. The maximum atomic E-state index is 13.1. The molecule has 3 heteroatoms. The molecule has 1 atom stereocenters. The first-order valence-electron chi connectivity index (χ1n) is 9.74. The minimum atomic E-state index is 0.0801. The Hall–Kier alpha value is -1.35. The number of likely N-dealkylation sites (tertiary alicyclic amines) is 1. The Bertz CT molecular complexity index is 575. The number of carbonyl (C=O) groups is 1. The van der Waals surface area contributed by atoms with E-state index >= 15 is 0 Å². The van der Waals surface area contributed by atoms with Crippen molar-refractivity contribution in [1.82, 2.24) is 4.90 Å². The first-order valence-corrected chi connectivity index (χ1v) is 9.74. The molecule has 0 N–H and O–H groups in total. The Morgan fingerprint density at radius 2 is 1.83 bits per heavy atom. The first kappa shape index (κ1) is 17.5. The van der Waals surface area contributed by atoms with Gasteiger partial charge in [0.2, 0.25) is 0 Å². The third-order valence-corrected chi connectivity index (χ3v) is 5.40. The van der Waals surface area contributed by atoms with Gasteiger partial charge in [-0.1, -0.05) is 13.8 Å². The fourth-order valence-electron chi connectivity index (χ4n) is 4.11. The summed E-state index contributed by atoms with van der Waals surface area (Å²) in [7, 11) is 0. The monoisotopic (exact) mass is 329 g/mol. The summed E-state index contributed by atoms with van der Waals surface area (Å²) in [6.07, 6.45) is 8.04. The van der Waals surface area contributed by atoms with E-state index < -0.39 is 0 Å². The van der Waals surface area contributed by atoms with E-state index in [0.717, 1.165) is 56.8 Å². The fourth-order valence-corrected chi connectivity index (χ4v) is 4.11. The Morgan fingerprint density at radius 1 is 1.12 bits per heavy atom. The van der Waals surface area contributed by atoms with E-state index in [-0.39, 0.29) is 5.92 Å². The van der Waals surface area contributed by atoms with Crippen LogP contribution < -0.4 is 4.74 Å². The molecule has 1 aliphatic carbocycles. The van der Waals surface area contributed by atoms with E-state index in [9.17, 15) is 4.79 Å². The number of hydrogen-bond donors (Lipinski definition) is 0. The third-order valence-electron chi connectivity index (χ3n) is 5.40. The first-order chi connectivity index (χ1) is 11.7. The molecular weight excluding hydrogens is 298 g/mol. The van der Waals surface area contributed by atoms with Gasteiger partial charge in [-0.15, -0.1) is 0 Å². The molecule has 0 bridgehead atoms. The van der Waals surface area contributed by atoms with Gasteiger partial charge in [-0.2, -0.15) is 0 Å². The number of hydrogen-bond acceptors (Lipinski definition) is 3. The highest BCUT2D eigenvalue weighted by molar-refractivity contribution is 5.99. The van der Waals surface area contributed by atoms with Crippen molar-refractivity contribution in [2.24, 2.45) is 5.92 Å². The molecule has 0 aromatic heterocycles. The normalized spacial score (nSPS) is 19.1. The molecule has 1 saturated heterocycles. The number of nitrogens with zero attached hydrogens (tertiary/aromatic N) is 1. The summed E-state index contributed by atoms with van der Waals surface area (Å²) < 4.78 is 5.94. The number of benzene rings is 1. The van der Waals surface area contributed by atoms with Crippen molar-refractivity contribution < 1.29 is 9.53 Å². The molecule has 1 heterocycles. The third kappa shape index (κ3) is 3.83. The molecule has 1 aromatic rings. The lowest BCUT2D eigenvalue weighted by molar-refractivity contribution is 0.0901. The Kier molecular flexibility index (Phi) is 5.94. The molecule has 0 radical (unpaired) electrons. The lowest BCUT2D eigenvalue weighted by Crippen LogP contribution is -2.30. The number of carbonyl (C=O) groups excluding carboxylic acids is 1. The van der Waals surface area contributed by atoms with Crippen LogP contribution in [0.2, 0.25) is 0 Å². The van der Waals surface area contributed by atoms with Gasteiger partial charge in [0.15, 0.2) is 5.78 Å². The van der Waals surface area contributed by atoms with E-state index in [1.165, 1.54) is 36.8 Å². The fraction of sp³-hybridized carbons (Fsp3) is 0.667. The topological polar surface area (TPSA) is 29.5 Å². The highest BCUT2D eigenvalue weighted by atomic mass is 16.5. The summed E-state index contributed by atoms with van der Waals surface area (Å²) in [6.45, 7) is 8.19. The largest absolute Gasteiger partial charge is 0.493 e. The van der Waals surface area contributed by atoms with Crippen molar-refractivity contribution in [3.63, 3.8) is 0 Å². The smallest absolute Gasteiger partial charge is 0.167 e. The Balaban J connectivity index is 1.80. The molecule has 2 aliphatic rings. The van der Waals surface area contributed by atoms with Crippen LogP contribution in [0.4, 0.5) is 0 Å². The van der Waals surface area contributed by atoms with Crippen molar-refractivity contribution in [3.05, 3.63) is 28.8 Å². The number of Topliss-reactive ketones (excluding diaryl/α,β-unsaturated/α-hetero) is 1. The predicted octanol–water partition coefficient (Wildman–Crippen LogP) is 4.27. The Labute approximate surface area is 146 Å². The van der Waals surface area contributed by atoms with Gasteiger partial charge >= 0.3 is 0 Å². The average Bonchev–Trinajstić information content (AvgIpc) is 3.12. The zero-order chi connectivity index (χ0) is 16.9. The molecule has 3 rings (SSSR count). The van der Waals surface area contributed by atoms with Gasteiger partial charge < -0.3 is 9.64 Å². The van der Waals surface area contributed by atoms with Gasteiger partial charge in [0.25, 0.3) is 0 Å². The Morgan fingerprint density at radius 3 is 2.54 bits per heavy atom. The standard InChI is InChI=1S/C21H31NO2/c1-3-14-24-20-11-10-19(17-8-4-5-9-18(17)20)21(23)16(2)15-22-12-6-7-13-22/h10-11,16H,3-9,12-15H2,1-2H3. The molecule has 1 aromatic carbocycles.